The van der Waals surface area contributed by atoms with Crippen LogP contribution in [0.4, 0.5) is 0 Å². The summed E-state index contributed by atoms with van der Waals surface area (Å²) in [5, 5.41) is 14.9. The number of hydrogen-bond donors (Lipinski definition) is 4. The van der Waals surface area contributed by atoms with E-state index >= 15 is 0 Å². The SMILES string of the molecule is CCC1CN(Cc2cc(C(CC(=O)NCCNC)c3ccc4c(nnn4CC)c3C)ccc2C)S(O)(O)c2cccnc2O1. The Bertz CT molecular complexity index is 1630. The van der Waals surface area contributed by atoms with Crippen molar-refractivity contribution in [1.82, 2.24) is 34.9 Å². The first-order chi connectivity index (χ1) is 21.2. The van der Waals surface area contributed by atoms with Crippen LogP contribution in [0.5, 0.6) is 5.88 Å². The number of rotatable bonds is 11. The number of ether oxygens (including phenoxy) is 1. The van der Waals surface area contributed by atoms with Gasteiger partial charge in [-0.2, -0.15) is 4.31 Å². The molecule has 5 rings (SSSR count). The van der Waals surface area contributed by atoms with E-state index in [0.717, 1.165) is 38.9 Å². The molecule has 1 aliphatic rings. The van der Waals surface area contributed by atoms with Crippen LogP contribution < -0.4 is 15.4 Å². The summed E-state index contributed by atoms with van der Waals surface area (Å²) in [6, 6.07) is 13.7. The van der Waals surface area contributed by atoms with E-state index in [2.05, 4.69) is 44.1 Å². The topological polar surface area (TPSA) is 138 Å². The van der Waals surface area contributed by atoms with Gasteiger partial charge in [-0.1, -0.05) is 36.4 Å². The molecule has 44 heavy (non-hydrogen) atoms. The summed E-state index contributed by atoms with van der Waals surface area (Å²) in [5.41, 5.74) is 6.73. The molecule has 2 unspecified atom stereocenters. The van der Waals surface area contributed by atoms with Gasteiger partial charge in [-0.05, 0) is 80.3 Å². The van der Waals surface area contributed by atoms with Gasteiger partial charge in [0.15, 0.2) is 0 Å². The summed E-state index contributed by atoms with van der Waals surface area (Å²) in [7, 11) is -1.51. The van der Waals surface area contributed by atoms with E-state index in [-0.39, 0.29) is 30.2 Å². The van der Waals surface area contributed by atoms with Gasteiger partial charge in [0, 0.05) is 44.7 Å². The van der Waals surface area contributed by atoms with Gasteiger partial charge < -0.3 is 15.4 Å². The van der Waals surface area contributed by atoms with Gasteiger partial charge in [0.2, 0.25) is 11.8 Å². The molecule has 0 radical (unpaired) electrons. The number of hydrogen-bond acceptors (Lipinski definition) is 9. The number of nitrogens with one attached hydrogen (secondary N) is 2. The maximum atomic E-state index is 13.2. The van der Waals surface area contributed by atoms with E-state index in [0.29, 0.717) is 44.0 Å². The minimum Gasteiger partial charge on any atom is -0.472 e. The Morgan fingerprint density at radius 2 is 1.98 bits per heavy atom. The number of benzene rings is 2. The fourth-order valence-electron chi connectivity index (χ4n) is 5.76. The van der Waals surface area contributed by atoms with Crippen LogP contribution >= 0.6 is 10.8 Å². The fraction of sp³-hybridized carbons (Fsp3) is 0.438. The highest BCUT2D eigenvalue weighted by Crippen LogP contribution is 2.57. The number of likely N-dealkylation sites (N-methyl/N-ethyl adjacent to an activating group) is 1. The molecular formula is C32H43N7O4S. The molecule has 2 aromatic carbocycles. The number of nitrogens with zero attached hydrogens (tertiary/aromatic N) is 5. The maximum Gasteiger partial charge on any atom is 0.239 e. The van der Waals surface area contributed by atoms with Gasteiger partial charge in [0.1, 0.15) is 16.5 Å². The molecule has 11 nitrogen and oxygen atoms in total. The zero-order chi connectivity index (χ0) is 31.4. The molecular weight excluding hydrogens is 578 g/mol. The second-order valence-electron chi connectivity index (χ2n) is 11.2. The predicted molar refractivity (Wildman–Crippen MR) is 173 cm³/mol. The van der Waals surface area contributed by atoms with Crippen LogP contribution in [0.1, 0.15) is 60.4 Å². The lowest BCUT2D eigenvalue weighted by Gasteiger charge is -2.41. The number of pyridine rings is 1. The molecule has 0 saturated carbocycles. The highest BCUT2D eigenvalue weighted by atomic mass is 32.3. The van der Waals surface area contributed by atoms with Crippen LogP contribution in [0.2, 0.25) is 0 Å². The number of aryl methyl sites for hydroxylation is 3. The van der Waals surface area contributed by atoms with Crippen LogP contribution in [0, 0.1) is 13.8 Å². The van der Waals surface area contributed by atoms with Crippen LogP contribution in [-0.4, -0.2) is 72.1 Å². The van der Waals surface area contributed by atoms with Crippen LogP contribution in [0.25, 0.3) is 11.0 Å². The molecule has 1 amide bonds. The molecule has 4 N–H and O–H groups in total. The highest BCUT2D eigenvalue weighted by molar-refractivity contribution is 8.22. The summed E-state index contributed by atoms with van der Waals surface area (Å²) >= 11 is 0. The molecule has 0 bridgehead atoms. The summed E-state index contributed by atoms with van der Waals surface area (Å²) < 4.78 is 32.8. The number of carbonyl (C=O) groups excluding carboxylic acids is 1. The molecule has 1 aliphatic heterocycles. The molecule has 0 fully saturated rings. The summed E-state index contributed by atoms with van der Waals surface area (Å²) in [4.78, 5) is 17.8. The monoisotopic (exact) mass is 621 g/mol. The minimum atomic E-state index is -3.37. The first kappa shape index (κ1) is 31.9. The number of carbonyl (C=O) groups is 1. The maximum absolute atomic E-state index is 13.2. The smallest absolute Gasteiger partial charge is 0.239 e. The number of amides is 1. The van der Waals surface area contributed by atoms with E-state index in [1.165, 1.54) is 0 Å². The van der Waals surface area contributed by atoms with Crippen molar-refractivity contribution in [3.05, 3.63) is 76.5 Å². The third-order valence-electron chi connectivity index (χ3n) is 8.40. The van der Waals surface area contributed by atoms with Crippen LogP contribution in [0.3, 0.4) is 0 Å². The molecule has 0 aliphatic carbocycles. The Morgan fingerprint density at radius 1 is 1.16 bits per heavy atom. The zero-order valence-corrected chi connectivity index (χ0v) is 26.9. The minimum absolute atomic E-state index is 0.0437. The third-order valence-corrected chi connectivity index (χ3v) is 10.3. The first-order valence-corrected chi connectivity index (χ1v) is 16.7. The van der Waals surface area contributed by atoms with Crippen molar-refractivity contribution in [2.24, 2.45) is 0 Å². The van der Waals surface area contributed by atoms with E-state index in [1.54, 1.807) is 22.6 Å². The van der Waals surface area contributed by atoms with Gasteiger partial charge in [-0.3, -0.25) is 13.9 Å². The van der Waals surface area contributed by atoms with E-state index in [4.69, 9.17) is 4.74 Å². The second kappa shape index (κ2) is 13.6. The summed E-state index contributed by atoms with van der Waals surface area (Å²) in [5.74, 6) is -0.0263. The number of aromatic nitrogens is 4. The molecule has 4 aromatic rings. The van der Waals surface area contributed by atoms with Crippen LogP contribution in [0.15, 0.2) is 53.6 Å². The van der Waals surface area contributed by atoms with E-state index in [9.17, 15) is 13.9 Å². The Labute approximate surface area is 260 Å². The van der Waals surface area contributed by atoms with Crippen molar-refractivity contribution >= 4 is 27.7 Å². The van der Waals surface area contributed by atoms with Crippen molar-refractivity contribution in [3.63, 3.8) is 0 Å². The molecule has 236 valence electrons. The lowest BCUT2D eigenvalue weighted by molar-refractivity contribution is -0.121. The molecule has 3 heterocycles. The third kappa shape index (κ3) is 6.45. The van der Waals surface area contributed by atoms with Gasteiger partial charge in [-0.15, -0.1) is 15.9 Å². The average molecular weight is 622 g/mol. The molecule has 0 spiro atoms. The van der Waals surface area contributed by atoms with Gasteiger partial charge in [0.25, 0.3) is 0 Å². The zero-order valence-electron chi connectivity index (χ0n) is 26.1. The Balaban J connectivity index is 1.53. The van der Waals surface area contributed by atoms with E-state index in [1.807, 2.05) is 51.6 Å². The van der Waals surface area contributed by atoms with Gasteiger partial charge in [-0.25, -0.2) is 9.67 Å². The summed E-state index contributed by atoms with van der Waals surface area (Å²) in [6.45, 7) is 10.7. The lowest BCUT2D eigenvalue weighted by atomic mass is 9.84. The molecule has 12 heteroatoms. The highest BCUT2D eigenvalue weighted by Gasteiger charge is 2.36. The quantitative estimate of drug-likeness (QED) is 0.170. The van der Waals surface area contributed by atoms with Crippen molar-refractivity contribution in [2.75, 3.05) is 26.7 Å². The number of fused-ring (bicyclic) bond motifs is 2. The Hall–Kier alpha value is -3.55. The van der Waals surface area contributed by atoms with Crippen molar-refractivity contribution < 1.29 is 18.6 Å². The molecule has 0 saturated heterocycles. The average Bonchev–Trinajstić information content (AvgIpc) is 3.40. The van der Waals surface area contributed by atoms with E-state index < -0.39 is 10.8 Å². The largest absolute Gasteiger partial charge is 0.472 e. The van der Waals surface area contributed by atoms with Crippen molar-refractivity contribution in [3.8, 4) is 5.88 Å². The Kier molecular flexibility index (Phi) is 9.86. The lowest BCUT2D eigenvalue weighted by Crippen LogP contribution is -2.34. The predicted octanol–water partition coefficient (Wildman–Crippen LogP) is 5.02. The van der Waals surface area contributed by atoms with Crippen molar-refractivity contribution in [1.29, 1.82) is 0 Å². The summed E-state index contributed by atoms with van der Waals surface area (Å²) in [6.07, 6.45) is 2.29. The fourth-order valence-corrected chi connectivity index (χ4v) is 7.33. The van der Waals surface area contributed by atoms with Crippen LogP contribution in [-0.2, 0) is 17.9 Å². The Morgan fingerprint density at radius 3 is 2.73 bits per heavy atom. The van der Waals surface area contributed by atoms with Crippen molar-refractivity contribution in [2.45, 2.75) is 70.5 Å². The standard InChI is InChI=1S/C32H43N7O4S/c1-6-25-20-38(44(41,42)29-9-8-14-35-32(29)43-25)19-24-17-23(11-10-21(24)3)27(18-30(40)34-16-15-33-5)26-12-13-28-31(22(26)4)36-37-39(28)7-2/h8-14,17,25,27,33,41-42H,6-7,15-16,18-20H2,1-5H3,(H,34,40). The molecule has 2 atom stereocenters. The molecule has 2 aromatic heterocycles. The van der Waals surface area contributed by atoms with Gasteiger partial charge >= 0.3 is 0 Å². The normalized spacial score (nSPS) is 17.8. The first-order valence-electron chi connectivity index (χ1n) is 15.2. The van der Waals surface area contributed by atoms with Gasteiger partial charge in [0.05, 0.1) is 12.1 Å². The second-order valence-corrected chi connectivity index (χ2v) is 13.2.